The summed E-state index contributed by atoms with van der Waals surface area (Å²) >= 11 is 0. The minimum absolute atomic E-state index is 0.0631. The van der Waals surface area contributed by atoms with Gasteiger partial charge < -0.3 is 19.4 Å². The second-order valence-electron chi connectivity index (χ2n) is 5.91. The highest BCUT2D eigenvalue weighted by molar-refractivity contribution is 6.01. The van der Waals surface area contributed by atoms with Crippen molar-refractivity contribution in [2.24, 2.45) is 0 Å². The van der Waals surface area contributed by atoms with E-state index < -0.39 is 5.97 Å². The number of aryl methyl sites for hydroxylation is 1. The molecule has 1 heterocycles. The van der Waals surface area contributed by atoms with Crippen LogP contribution >= 0.6 is 0 Å². The first-order chi connectivity index (χ1) is 12.4. The lowest BCUT2D eigenvalue weighted by atomic mass is 10.00. The minimum Gasteiger partial charge on any atom is -0.508 e. The molecule has 2 N–H and O–H groups in total. The monoisotopic (exact) mass is 354 g/mol. The molecule has 0 aliphatic rings. The number of furan rings is 1. The van der Waals surface area contributed by atoms with Gasteiger partial charge >= 0.3 is 5.97 Å². The summed E-state index contributed by atoms with van der Waals surface area (Å²) in [4.78, 5) is 24.4. The molecule has 0 saturated carbocycles. The predicted octanol–water partition coefficient (Wildman–Crippen LogP) is 3.75. The second-order valence-corrected chi connectivity index (χ2v) is 5.91. The number of fused-ring (bicyclic) bond motifs is 1. The smallest absolute Gasteiger partial charge is 0.374 e. The fourth-order valence-corrected chi connectivity index (χ4v) is 2.81. The first-order valence-electron chi connectivity index (χ1n) is 8.15. The normalized spacial score (nSPS) is 10.8. The van der Waals surface area contributed by atoms with E-state index in [4.69, 9.17) is 9.15 Å². The molecule has 26 heavy (non-hydrogen) atoms. The molecule has 0 fully saturated rings. The fraction of sp³-hybridized carbons (Fsp3) is 0.200. The Labute approximate surface area is 149 Å². The number of hydrogen-bond acceptors (Lipinski definition) is 6. The Morgan fingerprint density at radius 3 is 2.58 bits per heavy atom. The number of ether oxygens (including phenoxy) is 1. The molecule has 0 saturated heterocycles. The molecule has 0 atom stereocenters. The Morgan fingerprint density at radius 1 is 1.12 bits per heavy atom. The summed E-state index contributed by atoms with van der Waals surface area (Å²) in [5.41, 5.74) is 2.04. The van der Waals surface area contributed by atoms with Crippen LogP contribution in [0, 0.1) is 6.92 Å². The van der Waals surface area contributed by atoms with Crippen LogP contribution in [0.1, 0.15) is 39.0 Å². The molecule has 3 rings (SSSR count). The highest BCUT2D eigenvalue weighted by Crippen LogP contribution is 2.28. The number of benzene rings is 2. The van der Waals surface area contributed by atoms with Gasteiger partial charge in [-0.3, -0.25) is 4.79 Å². The first-order valence-corrected chi connectivity index (χ1v) is 8.15. The van der Waals surface area contributed by atoms with Gasteiger partial charge in [-0.25, -0.2) is 4.79 Å². The number of Topliss-reactive ketones (excluding diaryl/α,β-unsaturated/α-hetero) is 1. The summed E-state index contributed by atoms with van der Waals surface area (Å²) in [6.45, 7) is 3.74. The first kappa shape index (κ1) is 17.5. The number of hydrogen-bond donors (Lipinski definition) is 2. The van der Waals surface area contributed by atoms with Crippen molar-refractivity contribution in [1.82, 2.24) is 0 Å². The van der Waals surface area contributed by atoms with Crippen molar-refractivity contribution >= 4 is 22.7 Å². The van der Waals surface area contributed by atoms with Crippen molar-refractivity contribution in [2.45, 2.75) is 20.3 Å². The van der Waals surface area contributed by atoms with E-state index in [1.807, 2.05) is 0 Å². The van der Waals surface area contributed by atoms with E-state index in [2.05, 4.69) is 0 Å². The van der Waals surface area contributed by atoms with Crippen molar-refractivity contribution in [1.29, 1.82) is 0 Å². The standard InChI is InChI=1S/C20H18O6/c1-3-25-20(24)19-11(2)15-8-12(4-7-18(15)26-19)9-16(22)14-6-5-13(21)10-17(14)23/h4-8,10,21,23H,3,9H2,1-2H3. The van der Waals surface area contributed by atoms with E-state index in [9.17, 15) is 19.8 Å². The van der Waals surface area contributed by atoms with E-state index in [-0.39, 0.29) is 41.6 Å². The maximum Gasteiger partial charge on any atom is 0.374 e. The van der Waals surface area contributed by atoms with Crippen LogP contribution < -0.4 is 0 Å². The average molecular weight is 354 g/mol. The van der Waals surface area contributed by atoms with Gasteiger partial charge in [-0.1, -0.05) is 6.07 Å². The second kappa shape index (κ2) is 6.92. The molecular weight excluding hydrogens is 336 g/mol. The average Bonchev–Trinajstić information content (AvgIpc) is 2.92. The van der Waals surface area contributed by atoms with Gasteiger partial charge in [0.25, 0.3) is 0 Å². The summed E-state index contributed by atoms with van der Waals surface area (Å²) in [5.74, 6) is -1.02. The third kappa shape index (κ3) is 3.26. The molecule has 6 nitrogen and oxygen atoms in total. The summed E-state index contributed by atoms with van der Waals surface area (Å²) in [6, 6.07) is 9.07. The van der Waals surface area contributed by atoms with Crippen LogP contribution in [-0.4, -0.2) is 28.6 Å². The van der Waals surface area contributed by atoms with Gasteiger partial charge in [0.15, 0.2) is 5.78 Å². The van der Waals surface area contributed by atoms with Gasteiger partial charge in [-0.2, -0.15) is 0 Å². The molecule has 0 spiro atoms. The quantitative estimate of drug-likeness (QED) is 0.535. The largest absolute Gasteiger partial charge is 0.508 e. The zero-order chi connectivity index (χ0) is 18.8. The Hall–Kier alpha value is -3.28. The number of carbonyl (C=O) groups is 2. The number of aromatic hydroxyl groups is 2. The molecule has 0 aliphatic heterocycles. The third-order valence-corrected chi connectivity index (χ3v) is 4.11. The lowest BCUT2D eigenvalue weighted by Crippen LogP contribution is -2.04. The van der Waals surface area contributed by atoms with Crippen LogP contribution in [0.25, 0.3) is 11.0 Å². The Kier molecular flexibility index (Phi) is 4.67. The highest BCUT2D eigenvalue weighted by Gasteiger charge is 2.19. The number of phenols is 2. The van der Waals surface area contributed by atoms with Crippen LogP contribution in [0.3, 0.4) is 0 Å². The zero-order valence-electron chi connectivity index (χ0n) is 14.4. The molecular formula is C20H18O6. The van der Waals surface area contributed by atoms with Crippen LogP contribution in [0.5, 0.6) is 11.5 Å². The SMILES string of the molecule is CCOC(=O)c1oc2ccc(CC(=O)c3ccc(O)cc3O)cc2c1C. The molecule has 0 radical (unpaired) electrons. The minimum atomic E-state index is -0.521. The number of carbonyl (C=O) groups excluding carboxylic acids is 2. The van der Waals surface area contributed by atoms with Crippen LogP contribution in [-0.2, 0) is 11.2 Å². The molecule has 0 unspecified atom stereocenters. The van der Waals surface area contributed by atoms with Gasteiger partial charge in [0.2, 0.25) is 5.76 Å². The van der Waals surface area contributed by atoms with Crippen LogP contribution in [0.2, 0.25) is 0 Å². The van der Waals surface area contributed by atoms with Crippen molar-refractivity contribution in [3.63, 3.8) is 0 Å². The van der Waals surface area contributed by atoms with E-state index in [0.717, 1.165) is 11.5 Å². The van der Waals surface area contributed by atoms with E-state index in [1.54, 1.807) is 32.0 Å². The lowest BCUT2D eigenvalue weighted by molar-refractivity contribution is 0.0491. The van der Waals surface area contributed by atoms with Gasteiger partial charge in [0.05, 0.1) is 12.2 Å². The molecule has 6 heteroatoms. The predicted molar refractivity (Wildman–Crippen MR) is 94.7 cm³/mol. The lowest BCUT2D eigenvalue weighted by Gasteiger charge is -2.05. The zero-order valence-corrected chi connectivity index (χ0v) is 14.4. The van der Waals surface area contributed by atoms with E-state index in [1.165, 1.54) is 12.1 Å². The topological polar surface area (TPSA) is 97.0 Å². The number of phenolic OH excluding ortho intramolecular Hbond substituents is 2. The van der Waals surface area contributed by atoms with Crippen molar-refractivity contribution in [3.05, 3.63) is 58.8 Å². The van der Waals surface area contributed by atoms with Crippen molar-refractivity contribution in [2.75, 3.05) is 6.61 Å². The van der Waals surface area contributed by atoms with Gasteiger partial charge in [0.1, 0.15) is 17.1 Å². The summed E-state index contributed by atoms with van der Waals surface area (Å²) in [7, 11) is 0. The maximum atomic E-state index is 12.4. The highest BCUT2D eigenvalue weighted by atomic mass is 16.5. The molecule has 1 aromatic heterocycles. The molecule has 3 aromatic rings. The number of ketones is 1. The van der Waals surface area contributed by atoms with Crippen LogP contribution in [0.15, 0.2) is 40.8 Å². The molecule has 0 bridgehead atoms. The van der Waals surface area contributed by atoms with Gasteiger partial charge in [0, 0.05) is 23.4 Å². The molecule has 0 aliphatic carbocycles. The van der Waals surface area contributed by atoms with Gasteiger partial charge in [-0.05, 0) is 43.7 Å². The Balaban J connectivity index is 1.90. The Bertz CT molecular complexity index is 999. The third-order valence-electron chi connectivity index (χ3n) is 4.11. The van der Waals surface area contributed by atoms with Crippen molar-refractivity contribution < 1.29 is 29.0 Å². The van der Waals surface area contributed by atoms with Crippen molar-refractivity contribution in [3.8, 4) is 11.5 Å². The Morgan fingerprint density at radius 2 is 1.88 bits per heavy atom. The summed E-state index contributed by atoms with van der Waals surface area (Å²) in [5, 5.41) is 19.9. The summed E-state index contributed by atoms with van der Waals surface area (Å²) < 4.78 is 10.5. The molecule has 2 aromatic carbocycles. The van der Waals surface area contributed by atoms with E-state index >= 15 is 0 Å². The summed E-state index contributed by atoms with van der Waals surface area (Å²) in [6.07, 6.45) is 0.0631. The number of esters is 1. The maximum absolute atomic E-state index is 12.4. The molecule has 134 valence electrons. The number of rotatable bonds is 5. The van der Waals surface area contributed by atoms with E-state index in [0.29, 0.717) is 16.7 Å². The van der Waals surface area contributed by atoms with Gasteiger partial charge in [-0.15, -0.1) is 0 Å². The fourth-order valence-electron chi connectivity index (χ4n) is 2.81. The van der Waals surface area contributed by atoms with Crippen LogP contribution in [0.4, 0.5) is 0 Å². The molecule has 0 amide bonds.